The first kappa shape index (κ1) is 8.74. The van der Waals surface area contributed by atoms with E-state index in [9.17, 15) is 0 Å². The molecule has 0 saturated heterocycles. The fraction of sp³-hybridized carbons (Fsp3) is 0.400. The van der Waals surface area contributed by atoms with E-state index >= 15 is 0 Å². The lowest BCUT2D eigenvalue weighted by Gasteiger charge is -1.98. The summed E-state index contributed by atoms with van der Waals surface area (Å²) in [5.41, 5.74) is 1.45. The van der Waals surface area contributed by atoms with Gasteiger partial charge in [-0.2, -0.15) is 0 Å². The van der Waals surface area contributed by atoms with E-state index in [0.717, 1.165) is 6.16 Å². The molecule has 59 valence electrons. The van der Waals surface area contributed by atoms with Crippen molar-refractivity contribution in [2.24, 2.45) is 0 Å². The predicted octanol–water partition coefficient (Wildman–Crippen LogP) is 3.15. The van der Waals surface area contributed by atoms with Crippen LogP contribution >= 0.6 is 9.24 Å². The summed E-state index contributed by atoms with van der Waals surface area (Å²) in [6, 6.07) is 10.6. The first-order valence-corrected chi connectivity index (χ1v) is 4.82. The molecule has 1 radical (unpaired) electrons. The minimum absolute atomic E-state index is 1.12. The Kier molecular flexibility index (Phi) is 4.23. The lowest BCUT2D eigenvalue weighted by molar-refractivity contribution is 0.803. The van der Waals surface area contributed by atoms with Gasteiger partial charge in [0.05, 0.1) is 0 Å². The predicted molar refractivity (Wildman–Crippen MR) is 52.6 cm³/mol. The molecule has 1 aromatic rings. The van der Waals surface area contributed by atoms with Crippen molar-refractivity contribution in [1.82, 2.24) is 0 Å². The van der Waals surface area contributed by atoms with E-state index in [-0.39, 0.29) is 0 Å². The van der Waals surface area contributed by atoms with Gasteiger partial charge in [-0.05, 0) is 31.0 Å². The maximum atomic E-state index is 3.47. The maximum absolute atomic E-state index is 3.47. The molecule has 0 saturated carbocycles. The second-order valence-corrected chi connectivity index (χ2v) is 3.19. The average Bonchev–Trinajstić information content (AvgIpc) is 2.07. The van der Waals surface area contributed by atoms with Crippen LogP contribution in [0.3, 0.4) is 0 Å². The quantitative estimate of drug-likeness (QED) is 0.475. The Morgan fingerprint density at radius 1 is 1.00 bits per heavy atom. The van der Waals surface area contributed by atoms with Crippen molar-refractivity contribution in [1.29, 1.82) is 0 Å². The van der Waals surface area contributed by atoms with Crippen molar-refractivity contribution in [3.05, 3.63) is 35.9 Å². The van der Waals surface area contributed by atoms with E-state index in [0.29, 0.717) is 0 Å². The van der Waals surface area contributed by atoms with Gasteiger partial charge in [0.1, 0.15) is 0 Å². The molecule has 0 atom stereocenters. The van der Waals surface area contributed by atoms with Gasteiger partial charge < -0.3 is 0 Å². The first-order valence-electron chi connectivity index (χ1n) is 4.12. The third-order valence-corrected chi connectivity index (χ3v) is 2.09. The number of hydrogen-bond acceptors (Lipinski definition) is 0. The fourth-order valence-corrected chi connectivity index (χ4v) is 1.35. The first-order chi connectivity index (χ1) is 5.43. The molecule has 0 bridgehead atoms. The van der Waals surface area contributed by atoms with E-state index < -0.39 is 0 Å². The van der Waals surface area contributed by atoms with Gasteiger partial charge in [-0.3, -0.25) is 0 Å². The molecule has 1 heteroatoms. The molecule has 1 aromatic carbocycles. The number of aryl methyl sites for hydroxylation is 1. The molecule has 0 nitrogen and oxygen atoms in total. The van der Waals surface area contributed by atoms with Crippen LogP contribution in [0, 0.1) is 0 Å². The van der Waals surface area contributed by atoms with Crippen LogP contribution in [0.5, 0.6) is 0 Å². The third-order valence-electron chi connectivity index (χ3n) is 1.74. The Labute approximate surface area is 71.2 Å². The fourth-order valence-electron chi connectivity index (χ4n) is 1.10. The topological polar surface area (TPSA) is 0 Å². The highest BCUT2D eigenvalue weighted by Gasteiger charge is 1.89. The summed E-state index contributed by atoms with van der Waals surface area (Å²) < 4.78 is 0. The zero-order valence-corrected chi connectivity index (χ0v) is 7.72. The lowest BCUT2D eigenvalue weighted by Crippen LogP contribution is -1.84. The highest BCUT2D eigenvalue weighted by atomic mass is 31.0. The summed E-state index contributed by atoms with van der Waals surface area (Å²) in [7, 11) is 3.47. The van der Waals surface area contributed by atoms with Crippen LogP contribution in [-0.4, -0.2) is 6.16 Å². The third kappa shape index (κ3) is 3.53. The van der Waals surface area contributed by atoms with Crippen LogP contribution in [0.15, 0.2) is 30.3 Å². The van der Waals surface area contributed by atoms with Gasteiger partial charge in [0.15, 0.2) is 0 Å². The number of hydrogen-bond donors (Lipinski definition) is 0. The molecule has 0 aliphatic heterocycles. The molecule has 1 rings (SSSR count). The number of unbranched alkanes of at least 4 members (excludes halogenated alkanes) is 1. The van der Waals surface area contributed by atoms with Gasteiger partial charge in [-0.25, -0.2) is 0 Å². The van der Waals surface area contributed by atoms with Crippen molar-refractivity contribution in [2.45, 2.75) is 19.3 Å². The largest absolute Gasteiger partial charge is 0.0992 e. The molecule has 0 fully saturated rings. The lowest BCUT2D eigenvalue weighted by atomic mass is 10.1. The smallest absolute Gasteiger partial charge is 0.0279 e. The summed E-state index contributed by atoms with van der Waals surface area (Å²) in [6.07, 6.45) is 4.89. The summed E-state index contributed by atoms with van der Waals surface area (Å²) >= 11 is 0. The Morgan fingerprint density at radius 3 is 2.36 bits per heavy atom. The minimum atomic E-state index is 1.12. The van der Waals surface area contributed by atoms with Crippen molar-refractivity contribution >= 4 is 9.24 Å². The van der Waals surface area contributed by atoms with Crippen LogP contribution < -0.4 is 0 Å². The second-order valence-electron chi connectivity index (χ2n) is 2.69. The number of rotatable bonds is 4. The molecule has 0 aliphatic rings. The zero-order chi connectivity index (χ0) is 7.94. The van der Waals surface area contributed by atoms with E-state index in [2.05, 4.69) is 39.6 Å². The average molecular weight is 165 g/mol. The molecule has 0 amide bonds. The zero-order valence-electron chi connectivity index (χ0n) is 6.72. The van der Waals surface area contributed by atoms with Crippen LogP contribution in [-0.2, 0) is 6.42 Å². The Morgan fingerprint density at radius 2 is 1.73 bits per heavy atom. The summed E-state index contributed by atoms with van der Waals surface area (Å²) in [4.78, 5) is 0. The van der Waals surface area contributed by atoms with Crippen molar-refractivity contribution in [2.75, 3.05) is 6.16 Å². The van der Waals surface area contributed by atoms with Gasteiger partial charge in [0, 0.05) is 0 Å². The molecule has 0 N–H and O–H groups in total. The van der Waals surface area contributed by atoms with Crippen molar-refractivity contribution < 1.29 is 0 Å². The van der Waals surface area contributed by atoms with Crippen LogP contribution in [0.1, 0.15) is 18.4 Å². The van der Waals surface area contributed by atoms with Gasteiger partial charge in [-0.15, -0.1) is 0 Å². The Balaban J connectivity index is 2.28. The molecule has 0 unspecified atom stereocenters. The Bertz CT molecular complexity index is 181. The van der Waals surface area contributed by atoms with Crippen LogP contribution in [0.25, 0.3) is 0 Å². The van der Waals surface area contributed by atoms with E-state index in [1.807, 2.05) is 0 Å². The van der Waals surface area contributed by atoms with E-state index in [4.69, 9.17) is 0 Å². The minimum Gasteiger partial charge on any atom is -0.0992 e. The highest BCUT2D eigenvalue weighted by Crippen LogP contribution is 2.04. The molecule has 0 aromatic heterocycles. The normalized spacial score (nSPS) is 9.91. The van der Waals surface area contributed by atoms with E-state index in [1.54, 1.807) is 0 Å². The Hall–Kier alpha value is -0.350. The van der Waals surface area contributed by atoms with Crippen molar-refractivity contribution in [3.63, 3.8) is 0 Å². The molecular weight excluding hydrogens is 151 g/mol. The highest BCUT2D eigenvalue weighted by molar-refractivity contribution is 7.16. The van der Waals surface area contributed by atoms with Gasteiger partial charge >= 0.3 is 0 Å². The maximum Gasteiger partial charge on any atom is -0.0279 e. The second kappa shape index (κ2) is 5.32. The SMILES string of the molecule is [PH]CCCCc1ccccc1. The molecular formula is C10H14P. The standard InChI is InChI=1S/C10H14P/c11-9-5-4-8-10-6-2-1-3-7-10/h1-3,6-7,11H,4-5,8-9H2. The summed E-state index contributed by atoms with van der Waals surface area (Å²) in [6.45, 7) is 0. The molecule has 0 heterocycles. The van der Waals surface area contributed by atoms with Gasteiger partial charge in [0.2, 0.25) is 0 Å². The number of benzene rings is 1. The summed E-state index contributed by atoms with van der Waals surface area (Å²) in [5, 5.41) is 0. The molecule has 0 aliphatic carbocycles. The van der Waals surface area contributed by atoms with Crippen LogP contribution in [0.4, 0.5) is 0 Å². The molecule has 0 spiro atoms. The van der Waals surface area contributed by atoms with Crippen LogP contribution in [0.2, 0.25) is 0 Å². The van der Waals surface area contributed by atoms with Crippen molar-refractivity contribution in [3.8, 4) is 0 Å². The van der Waals surface area contributed by atoms with Gasteiger partial charge in [-0.1, -0.05) is 39.6 Å². The monoisotopic (exact) mass is 165 g/mol. The van der Waals surface area contributed by atoms with E-state index in [1.165, 1.54) is 24.8 Å². The van der Waals surface area contributed by atoms with Gasteiger partial charge in [0.25, 0.3) is 0 Å². The summed E-state index contributed by atoms with van der Waals surface area (Å²) in [5.74, 6) is 0. The molecule has 11 heavy (non-hydrogen) atoms.